The molecule has 2 heterocycles. The summed E-state index contributed by atoms with van der Waals surface area (Å²) in [6.07, 6.45) is 5.26. The van der Waals surface area contributed by atoms with Crippen molar-refractivity contribution in [1.82, 2.24) is 15.2 Å². The van der Waals surface area contributed by atoms with Gasteiger partial charge < -0.3 is 4.74 Å². The number of carbonyl (C=O) groups is 1. The van der Waals surface area contributed by atoms with Crippen molar-refractivity contribution in [2.45, 2.75) is 46.1 Å². The Kier molecular flexibility index (Phi) is 7.48. The Morgan fingerprint density at radius 3 is 2.83 bits per heavy atom. The third-order valence-electron chi connectivity index (χ3n) is 4.34. The average Bonchev–Trinajstić information content (AvgIpc) is 3.35. The number of nitrogens with one attached hydrogen (secondary N) is 1. The summed E-state index contributed by atoms with van der Waals surface area (Å²) in [4.78, 5) is 16.6. The van der Waals surface area contributed by atoms with Crippen LogP contribution in [-0.2, 0) is 11.4 Å². The van der Waals surface area contributed by atoms with Gasteiger partial charge >= 0.3 is 0 Å². The van der Waals surface area contributed by atoms with Gasteiger partial charge in [-0.1, -0.05) is 37.3 Å². The molecule has 1 N–H and O–H groups in total. The fraction of sp³-hybridized carbons (Fsp3) is 0.333. The van der Waals surface area contributed by atoms with Crippen molar-refractivity contribution >= 4 is 39.8 Å². The van der Waals surface area contributed by atoms with Gasteiger partial charge in [-0.05, 0) is 43.5 Å². The maximum atomic E-state index is 12.2. The zero-order chi connectivity index (χ0) is 20.6. The second kappa shape index (κ2) is 10.3. The van der Waals surface area contributed by atoms with Gasteiger partial charge in [0.15, 0.2) is 0 Å². The number of hydrogen-bond acceptors (Lipinski definition) is 7. The van der Waals surface area contributed by atoms with Gasteiger partial charge in [0.1, 0.15) is 17.4 Å². The number of ether oxygens (including phenoxy) is 1. The van der Waals surface area contributed by atoms with Gasteiger partial charge in [-0.15, -0.1) is 21.5 Å². The normalized spacial score (nSPS) is 11.3. The molecule has 0 unspecified atom stereocenters. The van der Waals surface area contributed by atoms with E-state index in [0.29, 0.717) is 17.7 Å². The van der Waals surface area contributed by atoms with Crippen molar-refractivity contribution in [2.24, 2.45) is 0 Å². The summed E-state index contributed by atoms with van der Waals surface area (Å²) in [5.74, 6) is 0.892. The van der Waals surface area contributed by atoms with Gasteiger partial charge in [0.05, 0.1) is 10.7 Å². The van der Waals surface area contributed by atoms with E-state index in [-0.39, 0.29) is 5.91 Å². The van der Waals surface area contributed by atoms with Gasteiger partial charge in [0.25, 0.3) is 0 Å². The molecule has 1 amide bonds. The van der Waals surface area contributed by atoms with E-state index in [2.05, 4.69) is 34.3 Å². The molecule has 0 aliphatic rings. The monoisotopic (exact) mass is 428 g/mol. The molecule has 0 aliphatic heterocycles. The van der Waals surface area contributed by atoms with Crippen LogP contribution in [0.25, 0.3) is 6.08 Å². The second-order valence-corrected chi connectivity index (χ2v) is 8.57. The van der Waals surface area contributed by atoms with E-state index in [9.17, 15) is 4.79 Å². The summed E-state index contributed by atoms with van der Waals surface area (Å²) in [6, 6.07) is 7.59. The van der Waals surface area contributed by atoms with E-state index < -0.39 is 0 Å². The van der Waals surface area contributed by atoms with Crippen molar-refractivity contribution in [3.63, 3.8) is 0 Å². The Labute approximate surface area is 178 Å². The number of anilines is 1. The first-order chi connectivity index (χ1) is 14.1. The van der Waals surface area contributed by atoms with Gasteiger partial charge in [-0.25, -0.2) is 4.98 Å². The van der Waals surface area contributed by atoms with Crippen molar-refractivity contribution in [3.8, 4) is 5.75 Å². The number of benzene rings is 1. The molecular formula is C21H24N4O2S2. The molecule has 152 valence electrons. The summed E-state index contributed by atoms with van der Waals surface area (Å²) in [5.41, 5.74) is 1.79. The van der Waals surface area contributed by atoms with Crippen LogP contribution in [0.4, 0.5) is 5.13 Å². The van der Waals surface area contributed by atoms with Crippen LogP contribution in [0.1, 0.15) is 53.9 Å². The quantitative estimate of drug-likeness (QED) is 0.459. The number of thiazole rings is 1. The Morgan fingerprint density at radius 2 is 2.10 bits per heavy atom. The lowest BCUT2D eigenvalue weighted by Crippen LogP contribution is -2.07. The third-order valence-corrected chi connectivity index (χ3v) is 6.17. The minimum Gasteiger partial charge on any atom is -0.487 e. The lowest BCUT2D eigenvalue weighted by atomic mass is 10.1. The highest BCUT2D eigenvalue weighted by Crippen LogP contribution is 2.28. The van der Waals surface area contributed by atoms with E-state index in [1.54, 1.807) is 17.4 Å². The maximum absolute atomic E-state index is 12.2. The maximum Gasteiger partial charge on any atom is 0.250 e. The highest BCUT2D eigenvalue weighted by Gasteiger charge is 2.13. The standard InChI is InChI=1S/C21H24N4O2S2/c1-4-16(5-2)20-24-25-21(29-20)23-19(26)10-9-15-7-6-8-18(11-15)27-12-17-13-28-14(3)22-17/h6-11,13,16H,4-5,12H2,1-3H3,(H,23,25,26)/b10-9+. The average molecular weight is 429 g/mol. The minimum atomic E-state index is -0.235. The van der Waals surface area contributed by atoms with E-state index >= 15 is 0 Å². The minimum absolute atomic E-state index is 0.235. The molecule has 3 aromatic rings. The van der Waals surface area contributed by atoms with Crippen LogP contribution in [-0.4, -0.2) is 21.1 Å². The third kappa shape index (κ3) is 6.20. The van der Waals surface area contributed by atoms with E-state index in [1.807, 2.05) is 36.6 Å². The summed E-state index contributed by atoms with van der Waals surface area (Å²) >= 11 is 3.04. The molecule has 0 atom stereocenters. The molecule has 0 spiro atoms. The number of carbonyl (C=O) groups excluding carboxylic acids is 1. The number of amides is 1. The fourth-order valence-electron chi connectivity index (χ4n) is 2.75. The van der Waals surface area contributed by atoms with Crippen LogP contribution in [0.3, 0.4) is 0 Å². The molecule has 29 heavy (non-hydrogen) atoms. The largest absolute Gasteiger partial charge is 0.487 e. The molecule has 0 radical (unpaired) electrons. The molecule has 3 rings (SSSR count). The summed E-state index contributed by atoms with van der Waals surface area (Å²) < 4.78 is 5.79. The number of nitrogens with zero attached hydrogens (tertiary/aromatic N) is 3. The number of hydrogen-bond donors (Lipinski definition) is 1. The molecule has 2 aromatic heterocycles. The second-order valence-electron chi connectivity index (χ2n) is 6.50. The molecule has 1 aromatic carbocycles. The zero-order valence-corrected chi connectivity index (χ0v) is 18.3. The van der Waals surface area contributed by atoms with Crippen molar-refractivity contribution in [3.05, 3.63) is 57.0 Å². The molecule has 0 saturated carbocycles. The first kappa shape index (κ1) is 21.1. The molecule has 6 nitrogen and oxygen atoms in total. The van der Waals surface area contributed by atoms with Gasteiger partial charge in [0.2, 0.25) is 11.0 Å². The van der Waals surface area contributed by atoms with Crippen LogP contribution >= 0.6 is 22.7 Å². The summed E-state index contributed by atoms with van der Waals surface area (Å²) in [5, 5.41) is 15.6. The predicted octanol–water partition coefficient (Wildman–Crippen LogP) is 5.44. The SMILES string of the molecule is CCC(CC)c1nnc(NC(=O)/C=C/c2cccc(OCc3csc(C)n3)c2)s1. The summed E-state index contributed by atoms with van der Waals surface area (Å²) in [7, 11) is 0. The van der Waals surface area contributed by atoms with E-state index in [0.717, 1.165) is 39.9 Å². The predicted molar refractivity (Wildman–Crippen MR) is 119 cm³/mol. The van der Waals surface area contributed by atoms with Gasteiger partial charge in [0, 0.05) is 17.4 Å². The molecule has 0 aliphatic carbocycles. The molecule has 0 fully saturated rings. The zero-order valence-electron chi connectivity index (χ0n) is 16.7. The first-order valence-corrected chi connectivity index (χ1v) is 11.2. The lowest BCUT2D eigenvalue weighted by Gasteiger charge is -2.05. The van der Waals surface area contributed by atoms with Crippen LogP contribution in [0, 0.1) is 6.92 Å². The lowest BCUT2D eigenvalue weighted by molar-refractivity contribution is -0.111. The van der Waals surface area contributed by atoms with Gasteiger partial charge in [-0.3, -0.25) is 10.1 Å². The van der Waals surface area contributed by atoms with E-state index in [4.69, 9.17) is 4.74 Å². The van der Waals surface area contributed by atoms with E-state index in [1.165, 1.54) is 17.4 Å². The Hall–Kier alpha value is -2.58. The molecular weight excluding hydrogens is 404 g/mol. The van der Waals surface area contributed by atoms with Crippen LogP contribution in [0.5, 0.6) is 5.75 Å². The number of rotatable bonds is 9. The Balaban J connectivity index is 1.56. The molecule has 0 saturated heterocycles. The van der Waals surface area contributed by atoms with Crippen molar-refractivity contribution in [2.75, 3.05) is 5.32 Å². The van der Waals surface area contributed by atoms with Gasteiger partial charge in [-0.2, -0.15) is 0 Å². The fourth-order valence-corrected chi connectivity index (χ4v) is 4.36. The highest BCUT2D eigenvalue weighted by molar-refractivity contribution is 7.15. The highest BCUT2D eigenvalue weighted by atomic mass is 32.1. The summed E-state index contributed by atoms with van der Waals surface area (Å²) in [6.45, 7) is 6.66. The van der Waals surface area contributed by atoms with Crippen molar-refractivity contribution in [1.29, 1.82) is 0 Å². The number of aryl methyl sites for hydroxylation is 1. The smallest absolute Gasteiger partial charge is 0.250 e. The topological polar surface area (TPSA) is 77.0 Å². The molecule has 8 heteroatoms. The first-order valence-electron chi connectivity index (χ1n) is 9.53. The van der Waals surface area contributed by atoms with Crippen LogP contribution in [0.2, 0.25) is 0 Å². The Bertz CT molecular complexity index is 976. The Morgan fingerprint density at radius 1 is 1.28 bits per heavy atom. The van der Waals surface area contributed by atoms with Crippen LogP contribution < -0.4 is 10.1 Å². The van der Waals surface area contributed by atoms with Crippen molar-refractivity contribution < 1.29 is 9.53 Å². The number of aromatic nitrogens is 3. The van der Waals surface area contributed by atoms with Crippen LogP contribution in [0.15, 0.2) is 35.7 Å². The molecule has 0 bridgehead atoms.